The summed E-state index contributed by atoms with van der Waals surface area (Å²) in [5, 5.41) is 6.75. The van der Waals surface area contributed by atoms with E-state index in [0.29, 0.717) is 6.04 Å². The molecule has 2 atom stereocenters. The second kappa shape index (κ2) is 12.6. The molecule has 0 saturated carbocycles. The SMILES string of the molecule is CCNC(=NCC1CN2CCCC2CO1)NCCCCSC.I. The first-order valence-corrected chi connectivity index (χ1v) is 10.1. The van der Waals surface area contributed by atoms with Crippen molar-refractivity contribution >= 4 is 41.7 Å². The van der Waals surface area contributed by atoms with Crippen molar-refractivity contribution in [2.45, 2.75) is 44.8 Å². The average Bonchev–Trinajstić information content (AvgIpc) is 3.00. The third-order valence-corrected chi connectivity index (χ3v) is 5.02. The predicted molar refractivity (Wildman–Crippen MR) is 111 cm³/mol. The number of hydrogen-bond donors (Lipinski definition) is 2. The van der Waals surface area contributed by atoms with Crippen molar-refractivity contribution in [2.24, 2.45) is 4.99 Å². The molecule has 5 nitrogen and oxygen atoms in total. The van der Waals surface area contributed by atoms with E-state index >= 15 is 0 Å². The molecular formula is C16H33IN4OS. The average molecular weight is 456 g/mol. The fourth-order valence-corrected chi connectivity index (χ4v) is 3.60. The fraction of sp³-hybridized carbons (Fsp3) is 0.938. The van der Waals surface area contributed by atoms with Crippen LogP contribution in [0.3, 0.4) is 0 Å². The number of unbranched alkanes of at least 4 members (excludes halogenated alkanes) is 1. The largest absolute Gasteiger partial charge is 0.373 e. The van der Waals surface area contributed by atoms with Gasteiger partial charge in [-0.1, -0.05) is 0 Å². The van der Waals surface area contributed by atoms with E-state index in [9.17, 15) is 0 Å². The summed E-state index contributed by atoms with van der Waals surface area (Å²) in [6.07, 6.45) is 7.49. The van der Waals surface area contributed by atoms with E-state index < -0.39 is 0 Å². The van der Waals surface area contributed by atoms with Crippen molar-refractivity contribution in [3.8, 4) is 0 Å². The molecule has 0 aliphatic carbocycles. The molecule has 0 radical (unpaired) electrons. The standard InChI is InChI=1S/C16H32N4OS.HI/c1-3-17-16(18-8-4-5-10-22-2)19-11-15-12-20-9-6-7-14(20)13-21-15;/h14-15H,3-13H2,1-2H3,(H2,17,18,19);1H. The second-order valence-electron chi connectivity index (χ2n) is 6.09. The summed E-state index contributed by atoms with van der Waals surface area (Å²) >= 11 is 1.91. The summed E-state index contributed by atoms with van der Waals surface area (Å²) in [6, 6.07) is 0.669. The first-order valence-electron chi connectivity index (χ1n) is 8.70. The molecule has 0 bridgehead atoms. The topological polar surface area (TPSA) is 48.9 Å². The Hall–Kier alpha value is 0.270. The van der Waals surface area contributed by atoms with Crippen molar-refractivity contribution in [2.75, 3.05) is 51.3 Å². The molecular weight excluding hydrogens is 423 g/mol. The van der Waals surface area contributed by atoms with Gasteiger partial charge in [-0.2, -0.15) is 11.8 Å². The molecule has 0 amide bonds. The van der Waals surface area contributed by atoms with Crippen LogP contribution in [-0.2, 0) is 4.74 Å². The van der Waals surface area contributed by atoms with Crippen LogP contribution in [0.4, 0.5) is 0 Å². The van der Waals surface area contributed by atoms with E-state index in [1.807, 2.05) is 11.8 Å². The number of hydrogen-bond acceptors (Lipinski definition) is 4. The monoisotopic (exact) mass is 456 g/mol. The van der Waals surface area contributed by atoms with Crippen LogP contribution in [0.25, 0.3) is 0 Å². The number of rotatable bonds is 8. The minimum absolute atomic E-state index is 0. The van der Waals surface area contributed by atoms with Crippen LogP contribution in [0, 0.1) is 0 Å². The maximum absolute atomic E-state index is 5.97. The van der Waals surface area contributed by atoms with Gasteiger partial charge in [0.1, 0.15) is 0 Å². The highest BCUT2D eigenvalue weighted by molar-refractivity contribution is 14.0. The number of aliphatic imine (C=N–C) groups is 1. The Kier molecular flexibility index (Phi) is 11.7. The number of fused-ring (bicyclic) bond motifs is 1. The molecule has 136 valence electrons. The van der Waals surface area contributed by atoms with Crippen molar-refractivity contribution < 1.29 is 4.74 Å². The lowest BCUT2D eigenvalue weighted by molar-refractivity contribution is -0.0432. The van der Waals surface area contributed by atoms with E-state index in [1.54, 1.807) is 0 Å². The van der Waals surface area contributed by atoms with Crippen molar-refractivity contribution in [1.82, 2.24) is 15.5 Å². The van der Waals surface area contributed by atoms with Crippen LogP contribution in [0.5, 0.6) is 0 Å². The smallest absolute Gasteiger partial charge is 0.191 e. The Morgan fingerprint density at radius 3 is 3.00 bits per heavy atom. The molecule has 2 unspecified atom stereocenters. The molecule has 7 heteroatoms. The molecule has 23 heavy (non-hydrogen) atoms. The lowest BCUT2D eigenvalue weighted by Crippen LogP contribution is -2.47. The summed E-state index contributed by atoms with van der Waals surface area (Å²) < 4.78 is 5.97. The van der Waals surface area contributed by atoms with Crippen LogP contribution < -0.4 is 10.6 Å². The van der Waals surface area contributed by atoms with Gasteiger partial charge in [-0.3, -0.25) is 9.89 Å². The Morgan fingerprint density at radius 2 is 2.22 bits per heavy atom. The minimum Gasteiger partial charge on any atom is -0.373 e. The number of halogens is 1. The Labute approximate surface area is 162 Å². The summed E-state index contributed by atoms with van der Waals surface area (Å²) in [5.41, 5.74) is 0. The number of morpholine rings is 1. The summed E-state index contributed by atoms with van der Waals surface area (Å²) in [7, 11) is 0. The summed E-state index contributed by atoms with van der Waals surface area (Å²) in [6.45, 7) is 7.92. The first-order chi connectivity index (χ1) is 10.8. The zero-order valence-electron chi connectivity index (χ0n) is 14.6. The quantitative estimate of drug-likeness (QED) is 0.254. The van der Waals surface area contributed by atoms with Gasteiger partial charge in [0.25, 0.3) is 0 Å². The highest BCUT2D eigenvalue weighted by Crippen LogP contribution is 2.22. The van der Waals surface area contributed by atoms with Crippen molar-refractivity contribution in [3.05, 3.63) is 0 Å². The van der Waals surface area contributed by atoms with E-state index in [1.165, 1.54) is 38.0 Å². The number of guanidine groups is 1. The lowest BCUT2D eigenvalue weighted by Gasteiger charge is -2.34. The van der Waals surface area contributed by atoms with Gasteiger partial charge >= 0.3 is 0 Å². The van der Waals surface area contributed by atoms with Gasteiger partial charge < -0.3 is 15.4 Å². The van der Waals surface area contributed by atoms with Gasteiger partial charge in [0.05, 0.1) is 19.3 Å². The Bertz CT molecular complexity index is 346. The van der Waals surface area contributed by atoms with E-state index in [-0.39, 0.29) is 30.1 Å². The van der Waals surface area contributed by atoms with Crippen LogP contribution >= 0.6 is 35.7 Å². The van der Waals surface area contributed by atoms with Crippen molar-refractivity contribution in [1.29, 1.82) is 0 Å². The van der Waals surface area contributed by atoms with E-state index in [2.05, 4.69) is 28.7 Å². The molecule has 2 rings (SSSR count). The molecule has 2 fully saturated rings. The van der Waals surface area contributed by atoms with Gasteiger partial charge in [-0.25, -0.2) is 0 Å². The van der Waals surface area contributed by atoms with Gasteiger partial charge in [-0.05, 0) is 51.2 Å². The number of nitrogens with one attached hydrogen (secondary N) is 2. The molecule has 0 aromatic heterocycles. The number of thioether (sulfide) groups is 1. The van der Waals surface area contributed by atoms with Crippen LogP contribution in [-0.4, -0.2) is 74.3 Å². The molecule has 0 aromatic rings. The highest BCUT2D eigenvalue weighted by Gasteiger charge is 2.31. The van der Waals surface area contributed by atoms with Crippen LogP contribution in [0.2, 0.25) is 0 Å². The summed E-state index contributed by atoms with van der Waals surface area (Å²) in [4.78, 5) is 7.28. The van der Waals surface area contributed by atoms with Gasteiger partial charge in [0, 0.05) is 25.7 Å². The maximum atomic E-state index is 5.97. The lowest BCUT2D eigenvalue weighted by atomic mass is 10.2. The molecule has 2 N–H and O–H groups in total. The second-order valence-corrected chi connectivity index (χ2v) is 7.08. The van der Waals surface area contributed by atoms with Gasteiger partial charge in [-0.15, -0.1) is 24.0 Å². The normalized spacial score (nSPS) is 24.9. The Morgan fingerprint density at radius 1 is 1.35 bits per heavy atom. The fourth-order valence-electron chi connectivity index (χ4n) is 3.11. The summed E-state index contributed by atoms with van der Waals surface area (Å²) in [5.74, 6) is 2.17. The zero-order chi connectivity index (χ0) is 15.6. The third-order valence-electron chi connectivity index (χ3n) is 4.33. The van der Waals surface area contributed by atoms with E-state index in [0.717, 1.165) is 38.7 Å². The minimum atomic E-state index is 0. The number of ether oxygens (including phenoxy) is 1. The van der Waals surface area contributed by atoms with Gasteiger partial charge in [0.15, 0.2) is 5.96 Å². The molecule has 2 aliphatic heterocycles. The first kappa shape index (κ1) is 21.3. The van der Waals surface area contributed by atoms with Crippen molar-refractivity contribution in [3.63, 3.8) is 0 Å². The van der Waals surface area contributed by atoms with E-state index in [4.69, 9.17) is 9.73 Å². The molecule has 2 heterocycles. The molecule has 2 saturated heterocycles. The maximum Gasteiger partial charge on any atom is 0.191 e. The number of nitrogens with zero attached hydrogens (tertiary/aromatic N) is 2. The van der Waals surface area contributed by atoms with Crippen LogP contribution in [0.1, 0.15) is 32.6 Å². The molecule has 2 aliphatic rings. The molecule has 0 spiro atoms. The Balaban J connectivity index is 0.00000264. The van der Waals surface area contributed by atoms with Gasteiger partial charge in [0.2, 0.25) is 0 Å². The predicted octanol–water partition coefficient (Wildman–Crippen LogP) is 2.17. The molecule has 0 aromatic carbocycles. The highest BCUT2D eigenvalue weighted by atomic mass is 127. The zero-order valence-corrected chi connectivity index (χ0v) is 17.7. The third kappa shape index (κ3) is 7.79. The van der Waals surface area contributed by atoms with Crippen LogP contribution in [0.15, 0.2) is 4.99 Å².